The van der Waals surface area contributed by atoms with Crippen molar-refractivity contribution in [1.29, 1.82) is 0 Å². The van der Waals surface area contributed by atoms with Crippen molar-refractivity contribution < 1.29 is 23.4 Å². The SMILES string of the molecule is CC1=C(OC(=O)C2CCCCC23OCCO3)C[C@@H](O[Si](C(C)C)(C(C)C)C(C)C)C1. The first-order valence-corrected chi connectivity index (χ1v) is 14.1. The Kier molecular flexibility index (Phi) is 7.53. The lowest BCUT2D eigenvalue weighted by Crippen LogP contribution is -2.50. The minimum atomic E-state index is -1.96. The van der Waals surface area contributed by atoms with Crippen molar-refractivity contribution in [2.24, 2.45) is 5.92 Å². The van der Waals surface area contributed by atoms with Crippen molar-refractivity contribution in [2.45, 2.75) is 116 Å². The molecule has 0 aromatic heterocycles. The molecule has 3 rings (SSSR count). The molecule has 1 saturated carbocycles. The second-order valence-corrected chi connectivity index (χ2v) is 15.8. The Balaban J connectivity index is 1.67. The second-order valence-electron chi connectivity index (χ2n) is 10.4. The lowest BCUT2D eigenvalue weighted by Gasteiger charge is -2.44. The van der Waals surface area contributed by atoms with Gasteiger partial charge in [-0.05, 0) is 48.4 Å². The zero-order chi connectivity index (χ0) is 22.1. The number of hydrogen-bond donors (Lipinski definition) is 0. The van der Waals surface area contributed by atoms with Gasteiger partial charge in [-0.1, -0.05) is 48.0 Å². The lowest BCUT2D eigenvalue weighted by molar-refractivity contribution is -0.220. The third kappa shape index (κ3) is 4.43. The highest BCUT2D eigenvalue weighted by Gasteiger charge is 2.51. The Morgan fingerprint density at radius 1 is 1.00 bits per heavy atom. The van der Waals surface area contributed by atoms with Crippen LogP contribution >= 0.6 is 0 Å². The zero-order valence-electron chi connectivity index (χ0n) is 20.1. The molecule has 0 aromatic rings. The lowest BCUT2D eigenvalue weighted by atomic mass is 9.83. The first-order valence-electron chi connectivity index (χ1n) is 12.0. The molecule has 5 nitrogen and oxygen atoms in total. The third-order valence-corrected chi connectivity index (χ3v) is 13.7. The molecule has 2 fully saturated rings. The van der Waals surface area contributed by atoms with E-state index in [1.54, 1.807) is 0 Å². The number of esters is 1. The van der Waals surface area contributed by atoms with Gasteiger partial charge in [-0.15, -0.1) is 0 Å². The molecule has 3 aliphatic rings. The van der Waals surface area contributed by atoms with Crippen LogP contribution in [0, 0.1) is 5.92 Å². The van der Waals surface area contributed by atoms with Crippen LogP contribution in [0.25, 0.3) is 0 Å². The summed E-state index contributed by atoms with van der Waals surface area (Å²) in [7, 11) is -1.96. The van der Waals surface area contributed by atoms with Crippen molar-refractivity contribution in [1.82, 2.24) is 0 Å². The molecule has 1 aliphatic heterocycles. The average molecular weight is 439 g/mol. The van der Waals surface area contributed by atoms with E-state index in [-0.39, 0.29) is 18.0 Å². The van der Waals surface area contributed by atoms with Crippen LogP contribution in [-0.2, 0) is 23.4 Å². The summed E-state index contributed by atoms with van der Waals surface area (Å²) in [5.74, 6) is -0.466. The molecule has 172 valence electrons. The van der Waals surface area contributed by atoms with Gasteiger partial charge in [-0.25, -0.2) is 0 Å². The Morgan fingerprint density at radius 3 is 2.17 bits per heavy atom. The molecule has 1 heterocycles. The van der Waals surface area contributed by atoms with Gasteiger partial charge < -0.3 is 18.6 Å². The highest BCUT2D eigenvalue weighted by atomic mass is 28.4. The Morgan fingerprint density at radius 2 is 1.60 bits per heavy atom. The van der Waals surface area contributed by atoms with Crippen LogP contribution < -0.4 is 0 Å². The summed E-state index contributed by atoms with van der Waals surface area (Å²) in [5.41, 5.74) is 2.78. The van der Waals surface area contributed by atoms with E-state index in [9.17, 15) is 4.79 Å². The van der Waals surface area contributed by atoms with Gasteiger partial charge in [-0.2, -0.15) is 0 Å². The third-order valence-electron chi connectivity index (χ3n) is 7.58. The fraction of sp³-hybridized carbons (Fsp3) is 0.875. The fourth-order valence-electron chi connectivity index (χ4n) is 6.24. The van der Waals surface area contributed by atoms with Gasteiger partial charge >= 0.3 is 5.97 Å². The first-order chi connectivity index (χ1) is 14.1. The molecule has 1 saturated heterocycles. The van der Waals surface area contributed by atoms with Gasteiger partial charge in [0, 0.05) is 12.8 Å². The number of carbonyl (C=O) groups is 1. The summed E-state index contributed by atoms with van der Waals surface area (Å²) in [6.07, 6.45) is 5.27. The van der Waals surface area contributed by atoms with E-state index >= 15 is 0 Å². The van der Waals surface area contributed by atoms with Crippen molar-refractivity contribution in [3.8, 4) is 0 Å². The highest BCUT2D eigenvalue weighted by molar-refractivity contribution is 6.77. The molecular weight excluding hydrogens is 396 g/mol. The van der Waals surface area contributed by atoms with Crippen LogP contribution in [0.1, 0.15) is 87.0 Å². The minimum Gasteiger partial charge on any atom is -0.431 e. The summed E-state index contributed by atoms with van der Waals surface area (Å²) in [6, 6.07) is 0. The molecule has 0 N–H and O–H groups in total. The zero-order valence-corrected chi connectivity index (χ0v) is 21.1. The van der Waals surface area contributed by atoms with Gasteiger partial charge in [0.15, 0.2) is 5.79 Å². The molecule has 0 radical (unpaired) electrons. The predicted octanol–water partition coefficient (Wildman–Crippen LogP) is 6.09. The second kappa shape index (κ2) is 9.43. The van der Waals surface area contributed by atoms with E-state index in [1.807, 2.05) is 0 Å². The molecule has 0 aromatic carbocycles. The summed E-state index contributed by atoms with van der Waals surface area (Å²) >= 11 is 0. The largest absolute Gasteiger partial charge is 0.431 e. The number of carbonyl (C=O) groups excluding carboxylic acids is 1. The molecule has 6 heteroatoms. The molecule has 2 aliphatic carbocycles. The summed E-state index contributed by atoms with van der Waals surface area (Å²) in [6.45, 7) is 17.1. The summed E-state index contributed by atoms with van der Waals surface area (Å²) < 4.78 is 24.8. The maximum atomic E-state index is 13.1. The van der Waals surface area contributed by atoms with Crippen LogP contribution in [0.15, 0.2) is 11.3 Å². The van der Waals surface area contributed by atoms with Crippen molar-refractivity contribution in [2.75, 3.05) is 13.2 Å². The van der Waals surface area contributed by atoms with Crippen molar-refractivity contribution in [3.05, 3.63) is 11.3 Å². The smallest absolute Gasteiger partial charge is 0.319 e. The molecule has 1 spiro atoms. The number of rotatable bonds is 7. The summed E-state index contributed by atoms with van der Waals surface area (Å²) in [4.78, 5) is 13.1. The minimum absolute atomic E-state index is 0.117. The maximum Gasteiger partial charge on any atom is 0.319 e. The molecule has 0 amide bonds. The fourth-order valence-corrected chi connectivity index (χ4v) is 11.8. The molecule has 2 atom stereocenters. The number of ether oxygens (including phenoxy) is 3. The normalized spacial score (nSPS) is 27.1. The topological polar surface area (TPSA) is 54.0 Å². The van der Waals surface area contributed by atoms with Gasteiger partial charge in [-0.3, -0.25) is 4.79 Å². The van der Waals surface area contributed by atoms with Crippen LogP contribution in [0.2, 0.25) is 16.6 Å². The van der Waals surface area contributed by atoms with Gasteiger partial charge in [0.25, 0.3) is 0 Å². The molecular formula is C24H42O5Si. The van der Waals surface area contributed by atoms with Crippen LogP contribution in [-0.4, -0.2) is 39.4 Å². The molecule has 0 bridgehead atoms. The monoisotopic (exact) mass is 438 g/mol. The van der Waals surface area contributed by atoms with Gasteiger partial charge in [0.2, 0.25) is 8.32 Å². The molecule has 1 unspecified atom stereocenters. The maximum absolute atomic E-state index is 13.1. The number of hydrogen-bond acceptors (Lipinski definition) is 5. The first kappa shape index (κ1) is 24.0. The van der Waals surface area contributed by atoms with E-state index in [0.29, 0.717) is 36.3 Å². The Bertz CT molecular complexity index is 626. The van der Waals surface area contributed by atoms with Crippen molar-refractivity contribution in [3.63, 3.8) is 0 Å². The highest BCUT2D eigenvalue weighted by Crippen LogP contribution is 2.46. The van der Waals surface area contributed by atoms with Crippen LogP contribution in [0.4, 0.5) is 0 Å². The molecule has 30 heavy (non-hydrogen) atoms. The van der Waals surface area contributed by atoms with Crippen molar-refractivity contribution >= 4 is 14.3 Å². The Labute approximate surface area is 184 Å². The predicted molar refractivity (Wildman–Crippen MR) is 121 cm³/mol. The van der Waals surface area contributed by atoms with Gasteiger partial charge in [0.05, 0.1) is 19.3 Å². The van der Waals surface area contributed by atoms with Crippen LogP contribution in [0.5, 0.6) is 0 Å². The van der Waals surface area contributed by atoms with Crippen LogP contribution in [0.3, 0.4) is 0 Å². The van der Waals surface area contributed by atoms with Gasteiger partial charge in [0.1, 0.15) is 11.7 Å². The Hall–Kier alpha value is -0.693. The quantitative estimate of drug-likeness (QED) is 0.355. The summed E-state index contributed by atoms with van der Waals surface area (Å²) in [5, 5.41) is 0. The van der Waals surface area contributed by atoms with E-state index in [0.717, 1.165) is 43.4 Å². The van der Waals surface area contributed by atoms with E-state index < -0.39 is 14.1 Å². The van der Waals surface area contributed by atoms with E-state index in [1.165, 1.54) is 0 Å². The van der Waals surface area contributed by atoms with E-state index in [4.69, 9.17) is 18.6 Å². The standard InChI is InChI=1S/C24H42O5Si/c1-16(2)30(17(3)4,18(5)6)29-20-14-19(7)22(15-20)28-23(25)21-10-8-9-11-24(21)26-12-13-27-24/h16-18,20-21H,8-15H2,1-7H3/t20-,21?/m0/s1. The van der Waals surface area contributed by atoms with E-state index in [2.05, 4.69) is 48.5 Å². The average Bonchev–Trinajstić information content (AvgIpc) is 3.26.